The summed E-state index contributed by atoms with van der Waals surface area (Å²) in [6.45, 7) is 1.93. The van der Waals surface area contributed by atoms with Crippen LogP contribution in [-0.2, 0) is 17.0 Å². The number of nitrogens with zero attached hydrogens (tertiary/aromatic N) is 3. The van der Waals surface area contributed by atoms with Crippen LogP contribution in [0.3, 0.4) is 0 Å². The lowest BCUT2D eigenvalue weighted by Crippen LogP contribution is -2.15. The standard InChI is InChI=1S/C20H17ClN4O2S3/c1-12-16(8-13-4-2-3-5-15(13)21)30-19(22-12)24-17(26)11-28-10-14-9-18(27)25-6-7-29-20(25)23-14/h2-7,9H,8,10-11H2,1H3,(H,22,24,26). The van der Waals surface area contributed by atoms with Crippen molar-refractivity contribution in [3.63, 3.8) is 0 Å². The van der Waals surface area contributed by atoms with Crippen LogP contribution in [0.1, 0.15) is 21.8 Å². The molecule has 0 saturated carbocycles. The largest absolute Gasteiger partial charge is 0.301 e. The Kier molecular flexibility index (Phi) is 6.52. The first-order valence-electron chi connectivity index (χ1n) is 9.02. The zero-order chi connectivity index (χ0) is 21.1. The molecule has 0 aliphatic rings. The van der Waals surface area contributed by atoms with Crippen LogP contribution in [0.5, 0.6) is 0 Å². The third-order valence-electron chi connectivity index (χ3n) is 4.29. The van der Waals surface area contributed by atoms with Gasteiger partial charge in [-0.25, -0.2) is 9.97 Å². The van der Waals surface area contributed by atoms with E-state index in [1.807, 2.05) is 36.6 Å². The number of halogens is 1. The van der Waals surface area contributed by atoms with Crippen molar-refractivity contribution in [3.8, 4) is 0 Å². The van der Waals surface area contributed by atoms with Gasteiger partial charge in [0.15, 0.2) is 10.1 Å². The zero-order valence-electron chi connectivity index (χ0n) is 15.9. The highest BCUT2D eigenvalue weighted by molar-refractivity contribution is 7.99. The number of thioether (sulfide) groups is 1. The maximum atomic E-state index is 12.3. The zero-order valence-corrected chi connectivity index (χ0v) is 19.1. The molecule has 0 radical (unpaired) electrons. The number of aromatic nitrogens is 3. The molecular formula is C20H17ClN4O2S3. The smallest absolute Gasteiger partial charge is 0.258 e. The van der Waals surface area contributed by atoms with Crippen LogP contribution in [-0.4, -0.2) is 26.0 Å². The first kappa shape index (κ1) is 21.0. The second-order valence-corrected chi connectivity index (χ2v) is 9.83. The van der Waals surface area contributed by atoms with Gasteiger partial charge in [0.1, 0.15) is 0 Å². The normalized spacial score (nSPS) is 11.1. The average molecular weight is 477 g/mol. The van der Waals surface area contributed by atoms with Gasteiger partial charge in [-0.2, -0.15) is 0 Å². The lowest BCUT2D eigenvalue weighted by atomic mass is 10.1. The van der Waals surface area contributed by atoms with E-state index in [9.17, 15) is 9.59 Å². The topological polar surface area (TPSA) is 76.4 Å². The van der Waals surface area contributed by atoms with E-state index in [-0.39, 0.29) is 17.2 Å². The highest BCUT2D eigenvalue weighted by Crippen LogP contribution is 2.28. The van der Waals surface area contributed by atoms with Crippen molar-refractivity contribution in [2.24, 2.45) is 0 Å². The summed E-state index contributed by atoms with van der Waals surface area (Å²) in [6, 6.07) is 9.22. The molecule has 0 bridgehead atoms. The molecule has 0 spiro atoms. The van der Waals surface area contributed by atoms with Crippen molar-refractivity contribution < 1.29 is 4.79 Å². The molecular weight excluding hydrogens is 460 g/mol. The minimum atomic E-state index is -0.132. The van der Waals surface area contributed by atoms with Gasteiger partial charge in [0, 0.05) is 39.7 Å². The summed E-state index contributed by atoms with van der Waals surface area (Å²) in [5, 5.41) is 5.98. The highest BCUT2D eigenvalue weighted by atomic mass is 35.5. The average Bonchev–Trinajstić information content (AvgIpc) is 3.30. The summed E-state index contributed by atoms with van der Waals surface area (Å²) in [7, 11) is 0. The predicted octanol–water partition coefficient (Wildman–Crippen LogP) is 4.64. The third kappa shape index (κ3) is 4.92. The van der Waals surface area contributed by atoms with Crippen molar-refractivity contribution in [2.45, 2.75) is 19.1 Å². The van der Waals surface area contributed by atoms with Crippen LogP contribution < -0.4 is 10.9 Å². The van der Waals surface area contributed by atoms with Crippen LogP contribution >= 0.6 is 46.0 Å². The van der Waals surface area contributed by atoms with Gasteiger partial charge in [-0.3, -0.25) is 14.0 Å². The predicted molar refractivity (Wildman–Crippen MR) is 125 cm³/mol. The second kappa shape index (κ2) is 9.30. The van der Waals surface area contributed by atoms with Gasteiger partial charge < -0.3 is 5.32 Å². The molecule has 0 atom stereocenters. The molecule has 3 aromatic heterocycles. The van der Waals surface area contributed by atoms with Crippen LogP contribution in [0.4, 0.5) is 5.13 Å². The number of hydrogen-bond acceptors (Lipinski definition) is 7. The van der Waals surface area contributed by atoms with E-state index in [0.717, 1.165) is 21.2 Å². The molecule has 0 aliphatic carbocycles. The monoisotopic (exact) mass is 476 g/mol. The number of benzene rings is 1. The Morgan fingerprint density at radius 2 is 2.13 bits per heavy atom. The van der Waals surface area contributed by atoms with E-state index in [1.165, 1.54) is 44.9 Å². The number of aryl methyl sites for hydroxylation is 1. The number of fused-ring (bicyclic) bond motifs is 1. The Morgan fingerprint density at radius 3 is 2.97 bits per heavy atom. The first-order valence-corrected chi connectivity index (χ1v) is 12.3. The lowest BCUT2D eigenvalue weighted by Gasteiger charge is -2.03. The molecule has 10 heteroatoms. The minimum absolute atomic E-state index is 0.106. The van der Waals surface area contributed by atoms with Crippen LogP contribution in [0.2, 0.25) is 5.02 Å². The molecule has 3 heterocycles. The summed E-state index contributed by atoms with van der Waals surface area (Å²) in [6.07, 6.45) is 2.38. The van der Waals surface area contributed by atoms with E-state index >= 15 is 0 Å². The molecule has 1 amide bonds. The molecule has 6 nitrogen and oxygen atoms in total. The Hall–Kier alpha value is -2.20. The van der Waals surface area contributed by atoms with Gasteiger partial charge in [0.2, 0.25) is 5.91 Å². The van der Waals surface area contributed by atoms with Crippen molar-refractivity contribution in [2.75, 3.05) is 11.1 Å². The summed E-state index contributed by atoms with van der Waals surface area (Å²) >= 11 is 10.5. The fourth-order valence-electron chi connectivity index (χ4n) is 2.83. The first-order chi connectivity index (χ1) is 14.5. The Bertz CT molecular complexity index is 1260. The maximum Gasteiger partial charge on any atom is 0.258 e. The number of hydrogen-bond donors (Lipinski definition) is 1. The summed E-state index contributed by atoms with van der Waals surface area (Å²) < 4.78 is 1.51. The molecule has 4 aromatic rings. The number of carbonyl (C=O) groups excluding carboxylic acids is 1. The number of anilines is 1. The van der Waals surface area contributed by atoms with Crippen molar-refractivity contribution in [1.82, 2.24) is 14.4 Å². The van der Waals surface area contributed by atoms with Gasteiger partial charge in [0.25, 0.3) is 5.56 Å². The molecule has 154 valence electrons. The SMILES string of the molecule is Cc1nc(NC(=O)CSCc2cc(=O)n3ccsc3n2)sc1Cc1ccccc1Cl. The third-order valence-corrected chi connectivity index (χ3v) is 7.45. The molecule has 0 unspecified atom stereocenters. The maximum absolute atomic E-state index is 12.3. The molecule has 0 fully saturated rings. The number of carbonyl (C=O) groups is 1. The van der Waals surface area contributed by atoms with E-state index in [0.29, 0.717) is 28.0 Å². The Labute approximate surface area is 190 Å². The van der Waals surface area contributed by atoms with Crippen LogP contribution in [0, 0.1) is 6.92 Å². The van der Waals surface area contributed by atoms with E-state index in [4.69, 9.17) is 11.6 Å². The van der Waals surface area contributed by atoms with Gasteiger partial charge in [-0.05, 0) is 18.6 Å². The van der Waals surface area contributed by atoms with E-state index in [2.05, 4.69) is 15.3 Å². The van der Waals surface area contributed by atoms with Crippen molar-refractivity contribution in [1.29, 1.82) is 0 Å². The molecule has 1 N–H and O–H groups in total. The molecule has 30 heavy (non-hydrogen) atoms. The van der Waals surface area contributed by atoms with Crippen molar-refractivity contribution in [3.05, 3.63) is 79.1 Å². The van der Waals surface area contributed by atoms with Gasteiger partial charge in [0.05, 0.1) is 17.1 Å². The molecule has 0 saturated heterocycles. The highest BCUT2D eigenvalue weighted by Gasteiger charge is 2.13. The van der Waals surface area contributed by atoms with E-state index < -0.39 is 0 Å². The quantitative estimate of drug-likeness (QED) is 0.420. The number of rotatable bonds is 7. The fraction of sp³-hybridized carbons (Fsp3) is 0.200. The van der Waals surface area contributed by atoms with Gasteiger partial charge >= 0.3 is 0 Å². The van der Waals surface area contributed by atoms with Gasteiger partial charge in [-0.1, -0.05) is 29.8 Å². The number of nitrogens with one attached hydrogen (secondary N) is 1. The fourth-order valence-corrected chi connectivity index (χ4v) is 5.49. The molecule has 4 rings (SSSR count). The Balaban J connectivity index is 1.32. The van der Waals surface area contributed by atoms with E-state index in [1.54, 1.807) is 6.20 Å². The summed E-state index contributed by atoms with van der Waals surface area (Å²) in [4.78, 5) is 35.0. The lowest BCUT2D eigenvalue weighted by molar-refractivity contribution is -0.113. The molecule has 0 aliphatic heterocycles. The number of thiazole rings is 2. The van der Waals surface area contributed by atoms with Crippen LogP contribution in [0.15, 0.2) is 46.7 Å². The minimum Gasteiger partial charge on any atom is -0.301 e. The van der Waals surface area contributed by atoms with Crippen molar-refractivity contribution >= 4 is 62.0 Å². The Morgan fingerprint density at radius 1 is 1.30 bits per heavy atom. The summed E-state index contributed by atoms with van der Waals surface area (Å²) in [5.74, 6) is 0.613. The van der Waals surface area contributed by atoms with Gasteiger partial charge in [-0.15, -0.1) is 34.4 Å². The van der Waals surface area contributed by atoms with Crippen LogP contribution in [0.25, 0.3) is 4.96 Å². The number of amides is 1. The molecule has 1 aromatic carbocycles. The second-order valence-electron chi connectivity index (χ2n) is 6.48. The summed E-state index contributed by atoms with van der Waals surface area (Å²) in [5.41, 5.74) is 2.49.